The molecular weight excluding hydrogens is 172 g/mol. The minimum atomic E-state index is 0.326. The van der Waals surface area contributed by atoms with Crippen LogP contribution in [0.4, 0.5) is 0 Å². The maximum atomic E-state index is 11.9. The largest absolute Gasteiger partial charge is 0.294 e. The molecule has 0 atom stereocenters. The number of ketones is 1. The SMILES string of the molecule is C=C(C)/C=C(\CCC)C(=O)C1CCC1. The Balaban J connectivity index is 2.65. The Hall–Kier alpha value is -0.850. The monoisotopic (exact) mass is 192 g/mol. The summed E-state index contributed by atoms with van der Waals surface area (Å²) in [5.41, 5.74) is 1.98. The fourth-order valence-electron chi connectivity index (χ4n) is 1.77. The van der Waals surface area contributed by atoms with E-state index in [4.69, 9.17) is 0 Å². The van der Waals surface area contributed by atoms with E-state index in [9.17, 15) is 4.79 Å². The number of carbonyl (C=O) groups is 1. The zero-order chi connectivity index (χ0) is 10.6. The van der Waals surface area contributed by atoms with Crippen LogP contribution in [-0.4, -0.2) is 5.78 Å². The van der Waals surface area contributed by atoms with Crippen molar-refractivity contribution in [2.75, 3.05) is 0 Å². The van der Waals surface area contributed by atoms with Gasteiger partial charge in [-0.05, 0) is 31.8 Å². The Morgan fingerprint density at radius 2 is 2.14 bits per heavy atom. The molecule has 0 aromatic heterocycles. The highest BCUT2D eigenvalue weighted by atomic mass is 16.1. The van der Waals surface area contributed by atoms with Gasteiger partial charge in [-0.25, -0.2) is 0 Å². The summed E-state index contributed by atoms with van der Waals surface area (Å²) in [6.45, 7) is 7.89. The summed E-state index contributed by atoms with van der Waals surface area (Å²) in [6, 6.07) is 0. The molecule has 0 radical (unpaired) electrons. The van der Waals surface area contributed by atoms with E-state index in [2.05, 4.69) is 13.5 Å². The zero-order valence-corrected chi connectivity index (χ0v) is 9.31. The summed E-state index contributed by atoms with van der Waals surface area (Å²) >= 11 is 0. The molecule has 1 fully saturated rings. The van der Waals surface area contributed by atoms with Crippen LogP contribution >= 0.6 is 0 Å². The average molecular weight is 192 g/mol. The van der Waals surface area contributed by atoms with E-state index < -0.39 is 0 Å². The van der Waals surface area contributed by atoms with Crippen LogP contribution in [-0.2, 0) is 4.79 Å². The number of Topliss-reactive ketones (excluding diaryl/α,β-unsaturated/α-hetero) is 1. The van der Waals surface area contributed by atoms with Gasteiger partial charge in [0.15, 0.2) is 5.78 Å². The first-order valence-corrected chi connectivity index (χ1v) is 5.55. The molecule has 0 amide bonds. The van der Waals surface area contributed by atoms with E-state index in [1.165, 1.54) is 6.42 Å². The Labute approximate surface area is 86.9 Å². The molecule has 1 saturated carbocycles. The van der Waals surface area contributed by atoms with Gasteiger partial charge < -0.3 is 0 Å². The summed E-state index contributed by atoms with van der Waals surface area (Å²) in [7, 11) is 0. The van der Waals surface area contributed by atoms with E-state index in [0.29, 0.717) is 11.7 Å². The smallest absolute Gasteiger partial charge is 0.161 e. The van der Waals surface area contributed by atoms with E-state index in [1.54, 1.807) is 0 Å². The molecule has 0 heterocycles. The fraction of sp³-hybridized carbons (Fsp3) is 0.615. The third-order valence-corrected chi connectivity index (χ3v) is 2.73. The molecule has 1 heteroatoms. The van der Waals surface area contributed by atoms with Gasteiger partial charge in [0.1, 0.15) is 0 Å². The molecule has 78 valence electrons. The first kappa shape index (κ1) is 11.2. The van der Waals surface area contributed by atoms with Gasteiger partial charge in [-0.1, -0.05) is 38.0 Å². The Morgan fingerprint density at radius 1 is 1.50 bits per heavy atom. The number of carbonyl (C=O) groups excluding carboxylic acids is 1. The molecule has 0 N–H and O–H groups in total. The van der Waals surface area contributed by atoms with Crippen LogP contribution in [0.25, 0.3) is 0 Å². The van der Waals surface area contributed by atoms with Gasteiger partial charge in [0.2, 0.25) is 0 Å². The van der Waals surface area contributed by atoms with Gasteiger partial charge in [-0.3, -0.25) is 4.79 Å². The minimum absolute atomic E-state index is 0.326. The molecule has 0 saturated heterocycles. The van der Waals surface area contributed by atoms with Crippen molar-refractivity contribution in [1.82, 2.24) is 0 Å². The van der Waals surface area contributed by atoms with Crippen molar-refractivity contribution >= 4 is 5.78 Å². The highest BCUT2D eigenvalue weighted by molar-refractivity contribution is 5.97. The number of hydrogen-bond acceptors (Lipinski definition) is 1. The standard InChI is InChI=1S/C13H20O/c1-4-6-12(9-10(2)3)13(14)11-7-5-8-11/h9,11H,2,4-8H2,1,3H3/b12-9+. The van der Waals surface area contributed by atoms with Crippen LogP contribution in [0.5, 0.6) is 0 Å². The van der Waals surface area contributed by atoms with Crippen molar-refractivity contribution < 1.29 is 4.79 Å². The van der Waals surface area contributed by atoms with Gasteiger partial charge >= 0.3 is 0 Å². The lowest BCUT2D eigenvalue weighted by Gasteiger charge is -2.25. The van der Waals surface area contributed by atoms with E-state index in [1.807, 2.05) is 13.0 Å². The summed E-state index contributed by atoms with van der Waals surface area (Å²) in [4.78, 5) is 11.9. The summed E-state index contributed by atoms with van der Waals surface area (Å²) in [5.74, 6) is 0.702. The molecule has 0 spiro atoms. The molecule has 0 aromatic carbocycles. The summed E-state index contributed by atoms with van der Waals surface area (Å²) in [5, 5.41) is 0. The Morgan fingerprint density at radius 3 is 2.50 bits per heavy atom. The van der Waals surface area contributed by atoms with Crippen LogP contribution in [0, 0.1) is 5.92 Å². The topological polar surface area (TPSA) is 17.1 Å². The average Bonchev–Trinajstić information content (AvgIpc) is 1.99. The summed E-state index contributed by atoms with van der Waals surface area (Å²) < 4.78 is 0. The number of hydrogen-bond donors (Lipinski definition) is 0. The fourth-order valence-corrected chi connectivity index (χ4v) is 1.77. The minimum Gasteiger partial charge on any atom is -0.294 e. The first-order chi connectivity index (χ1) is 6.65. The van der Waals surface area contributed by atoms with Crippen molar-refractivity contribution in [2.24, 2.45) is 5.92 Å². The molecule has 0 aromatic rings. The van der Waals surface area contributed by atoms with Gasteiger partial charge in [-0.15, -0.1) is 0 Å². The molecular formula is C13H20O. The lowest BCUT2D eigenvalue weighted by molar-refractivity contribution is -0.121. The third kappa shape index (κ3) is 2.83. The molecule has 1 nitrogen and oxygen atoms in total. The molecule has 1 aliphatic rings. The number of allylic oxidation sites excluding steroid dienone is 3. The van der Waals surface area contributed by atoms with Crippen molar-refractivity contribution in [3.63, 3.8) is 0 Å². The molecule has 14 heavy (non-hydrogen) atoms. The number of rotatable bonds is 5. The predicted octanol–water partition coefficient (Wildman–Crippen LogP) is 3.66. The van der Waals surface area contributed by atoms with Crippen molar-refractivity contribution in [3.05, 3.63) is 23.8 Å². The van der Waals surface area contributed by atoms with Crippen molar-refractivity contribution in [1.29, 1.82) is 0 Å². The summed E-state index contributed by atoms with van der Waals surface area (Å²) in [6.07, 6.45) is 7.32. The van der Waals surface area contributed by atoms with E-state index in [0.717, 1.165) is 36.8 Å². The van der Waals surface area contributed by atoms with Gasteiger partial charge in [0.25, 0.3) is 0 Å². The van der Waals surface area contributed by atoms with Gasteiger partial charge in [0, 0.05) is 5.92 Å². The normalized spacial score (nSPS) is 17.7. The zero-order valence-electron chi connectivity index (χ0n) is 9.31. The Kier molecular flexibility index (Phi) is 4.12. The highest BCUT2D eigenvalue weighted by Gasteiger charge is 2.26. The van der Waals surface area contributed by atoms with Crippen LogP contribution < -0.4 is 0 Å². The highest BCUT2D eigenvalue weighted by Crippen LogP contribution is 2.30. The molecule has 1 rings (SSSR count). The molecule has 1 aliphatic carbocycles. The molecule has 0 bridgehead atoms. The van der Waals surface area contributed by atoms with E-state index >= 15 is 0 Å². The van der Waals surface area contributed by atoms with Crippen molar-refractivity contribution in [3.8, 4) is 0 Å². The second kappa shape index (κ2) is 5.14. The second-order valence-corrected chi connectivity index (χ2v) is 4.26. The van der Waals surface area contributed by atoms with Gasteiger partial charge in [-0.2, -0.15) is 0 Å². The quantitative estimate of drug-likeness (QED) is 0.480. The lowest BCUT2D eigenvalue weighted by atomic mass is 9.79. The second-order valence-electron chi connectivity index (χ2n) is 4.26. The van der Waals surface area contributed by atoms with Crippen LogP contribution in [0.15, 0.2) is 23.8 Å². The maximum Gasteiger partial charge on any atom is 0.161 e. The van der Waals surface area contributed by atoms with Crippen LogP contribution in [0.3, 0.4) is 0 Å². The van der Waals surface area contributed by atoms with E-state index in [-0.39, 0.29) is 0 Å². The van der Waals surface area contributed by atoms with Crippen LogP contribution in [0.2, 0.25) is 0 Å². The lowest BCUT2D eigenvalue weighted by Crippen LogP contribution is -2.23. The molecule has 0 aliphatic heterocycles. The third-order valence-electron chi connectivity index (χ3n) is 2.73. The first-order valence-electron chi connectivity index (χ1n) is 5.55. The maximum absolute atomic E-state index is 11.9. The predicted molar refractivity (Wildman–Crippen MR) is 60.2 cm³/mol. The Bertz CT molecular complexity index is 256. The molecule has 0 unspecified atom stereocenters. The van der Waals surface area contributed by atoms with Gasteiger partial charge in [0.05, 0.1) is 0 Å². The van der Waals surface area contributed by atoms with Crippen molar-refractivity contribution in [2.45, 2.75) is 46.0 Å². The van der Waals surface area contributed by atoms with Crippen LogP contribution in [0.1, 0.15) is 46.0 Å².